The van der Waals surface area contributed by atoms with E-state index in [4.69, 9.17) is 21.4 Å². The van der Waals surface area contributed by atoms with Crippen molar-refractivity contribution in [2.24, 2.45) is 5.41 Å². The summed E-state index contributed by atoms with van der Waals surface area (Å²) in [4.78, 5) is 11.0. The van der Waals surface area contributed by atoms with Crippen LogP contribution in [0.25, 0.3) is 0 Å². The second kappa shape index (κ2) is 4.92. The summed E-state index contributed by atoms with van der Waals surface area (Å²) in [5.41, 5.74) is -0.505. The normalized spacial score (nSPS) is 11.4. The Balaban J connectivity index is 3.16. The third-order valence-electron chi connectivity index (χ3n) is 2.55. The number of benzene rings is 1. The van der Waals surface area contributed by atoms with Crippen molar-refractivity contribution in [3.63, 3.8) is 0 Å². The second-order valence-electron chi connectivity index (χ2n) is 4.42. The number of methoxy groups -OCH3 is 1. The van der Waals surface area contributed by atoms with E-state index in [0.717, 1.165) is 0 Å². The molecule has 1 aromatic carbocycles. The zero-order valence-electron chi connectivity index (χ0n) is 9.88. The van der Waals surface area contributed by atoms with Crippen LogP contribution in [0, 0.1) is 11.2 Å². The van der Waals surface area contributed by atoms with Gasteiger partial charge in [-0.25, -0.2) is 4.39 Å². The first-order valence-electron chi connectivity index (χ1n) is 5.04. The molecule has 0 heterocycles. The van der Waals surface area contributed by atoms with Crippen molar-refractivity contribution in [3.8, 4) is 5.75 Å². The summed E-state index contributed by atoms with van der Waals surface area (Å²) >= 11 is 5.63. The van der Waals surface area contributed by atoms with E-state index in [1.165, 1.54) is 13.2 Å². The molecule has 0 spiro atoms. The largest absolute Gasteiger partial charge is 0.493 e. The SMILES string of the molecule is COc1c(CC(C)(C)C(=O)O)ccc(Cl)c1F. The molecule has 0 aliphatic rings. The minimum absolute atomic E-state index is 0.00632. The van der Waals surface area contributed by atoms with Crippen LogP contribution < -0.4 is 4.74 Å². The molecule has 0 atom stereocenters. The van der Waals surface area contributed by atoms with E-state index < -0.39 is 17.2 Å². The molecule has 0 aliphatic heterocycles. The Labute approximate surface area is 104 Å². The highest BCUT2D eigenvalue weighted by atomic mass is 35.5. The molecule has 0 bridgehead atoms. The summed E-state index contributed by atoms with van der Waals surface area (Å²) in [6.07, 6.45) is 0.166. The molecule has 0 unspecified atom stereocenters. The van der Waals surface area contributed by atoms with Crippen molar-refractivity contribution in [2.45, 2.75) is 20.3 Å². The predicted octanol–water partition coefficient (Wildman–Crippen LogP) is 3.14. The van der Waals surface area contributed by atoms with Crippen LogP contribution in [0.5, 0.6) is 5.75 Å². The highest BCUT2D eigenvalue weighted by Gasteiger charge is 2.29. The lowest BCUT2D eigenvalue weighted by molar-refractivity contribution is -0.146. The molecule has 5 heteroatoms. The Morgan fingerprint density at radius 2 is 2.12 bits per heavy atom. The Bertz CT molecular complexity index is 444. The van der Waals surface area contributed by atoms with Gasteiger partial charge in [-0.1, -0.05) is 17.7 Å². The third kappa shape index (κ3) is 2.88. The van der Waals surface area contributed by atoms with Crippen LogP contribution in [0.1, 0.15) is 19.4 Å². The van der Waals surface area contributed by atoms with E-state index in [1.54, 1.807) is 19.9 Å². The van der Waals surface area contributed by atoms with Crippen molar-refractivity contribution >= 4 is 17.6 Å². The number of halogens is 2. The minimum Gasteiger partial charge on any atom is -0.493 e. The van der Waals surface area contributed by atoms with Gasteiger partial charge in [0.25, 0.3) is 0 Å². The number of carboxylic acid groups (broad SMARTS) is 1. The molecule has 0 saturated carbocycles. The minimum atomic E-state index is -0.993. The van der Waals surface area contributed by atoms with Gasteiger partial charge in [-0.2, -0.15) is 0 Å². The maximum Gasteiger partial charge on any atom is 0.309 e. The average molecular weight is 261 g/mol. The fourth-order valence-corrected chi connectivity index (χ4v) is 1.63. The monoisotopic (exact) mass is 260 g/mol. The topological polar surface area (TPSA) is 46.5 Å². The number of hydrogen-bond acceptors (Lipinski definition) is 2. The molecule has 0 saturated heterocycles. The summed E-state index contributed by atoms with van der Waals surface area (Å²) in [5, 5.41) is 8.99. The van der Waals surface area contributed by atoms with Crippen LogP contribution in [-0.4, -0.2) is 18.2 Å². The van der Waals surface area contributed by atoms with Crippen molar-refractivity contribution in [3.05, 3.63) is 28.5 Å². The zero-order valence-corrected chi connectivity index (χ0v) is 10.6. The summed E-state index contributed by atoms with van der Waals surface area (Å²) < 4.78 is 18.6. The van der Waals surface area contributed by atoms with E-state index in [-0.39, 0.29) is 17.2 Å². The van der Waals surface area contributed by atoms with Gasteiger partial charge >= 0.3 is 5.97 Å². The van der Waals surface area contributed by atoms with E-state index >= 15 is 0 Å². The van der Waals surface area contributed by atoms with Gasteiger partial charge in [0.15, 0.2) is 11.6 Å². The Hall–Kier alpha value is -1.29. The first kappa shape index (κ1) is 13.8. The molecule has 94 valence electrons. The van der Waals surface area contributed by atoms with Crippen LogP contribution in [0.15, 0.2) is 12.1 Å². The molecule has 0 fully saturated rings. The first-order valence-corrected chi connectivity index (χ1v) is 5.41. The summed E-state index contributed by atoms with van der Waals surface area (Å²) in [7, 11) is 1.33. The quantitative estimate of drug-likeness (QED) is 0.905. The molecule has 1 aromatic rings. The lowest BCUT2D eigenvalue weighted by Crippen LogP contribution is -2.26. The molecule has 0 aromatic heterocycles. The zero-order chi connectivity index (χ0) is 13.2. The number of hydrogen-bond donors (Lipinski definition) is 1. The lowest BCUT2D eigenvalue weighted by atomic mass is 9.85. The van der Waals surface area contributed by atoms with Gasteiger partial charge in [0.05, 0.1) is 17.5 Å². The maximum atomic E-state index is 13.6. The first-order chi connectivity index (χ1) is 7.79. The Morgan fingerprint density at radius 3 is 2.59 bits per heavy atom. The van der Waals surface area contributed by atoms with Gasteiger partial charge in [-0.05, 0) is 31.9 Å². The van der Waals surface area contributed by atoms with Gasteiger partial charge in [0.1, 0.15) is 0 Å². The highest BCUT2D eigenvalue weighted by Crippen LogP contribution is 2.33. The molecule has 3 nitrogen and oxygen atoms in total. The smallest absolute Gasteiger partial charge is 0.309 e. The van der Waals surface area contributed by atoms with Crippen LogP contribution in [0.4, 0.5) is 4.39 Å². The summed E-state index contributed by atoms with van der Waals surface area (Å²) in [6, 6.07) is 2.97. The van der Waals surface area contributed by atoms with Gasteiger partial charge < -0.3 is 9.84 Å². The summed E-state index contributed by atoms with van der Waals surface area (Å²) in [5.74, 6) is -1.60. The highest BCUT2D eigenvalue weighted by molar-refractivity contribution is 6.30. The molecule has 0 aliphatic carbocycles. The molecule has 0 radical (unpaired) electrons. The summed E-state index contributed by atoms with van der Waals surface area (Å²) in [6.45, 7) is 3.14. The van der Waals surface area contributed by atoms with E-state index in [0.29, 0.717) is 5.56 Å². The fourth-order valence-electron chi connectivity index (χ4n) is 1.48. The number of rotatable bonds is 4. The third-order valence-corrected chi connectivity index (χ3v) is 2.84. The van der Waals surface area contributed by atoms with Crippen LogP contribution in [-0.2, 0) is 11.2 Å². The number of carboxylic acids is 1. The van der Waals surface area contributed by atoms with Gasteiger partial charge in [0.2, 0.25) is 0 Å². The molecule has 1 rings (SSSR count). The number of carbonyl (C=O) groups is 1. The van der Waals surface area contributed by atoms with Crippen LogP contribution in [0.2, 0.25) is 5.02 Å². The molecule has 1 N–H and O–H groups in total. The average Bonchev–Trinajstić information content (AvgIpc) is 2.23. The number of aliphatic carboxylic acids is 1. The van der Waals surface area contributed by atoms with Gasteiger partial charge in [-0.15, -0.1) is 0 Å². The maximum absolute atomic E-state index is 13.6. The molecular weight excluding hydrogens is 247 g/mol. The van der Waals surface area contributed by atoms with E-state index in [2.05, 4.69) is 0 Å². The van der Waals surface area contributed by atoms with Crippen molar-refractivity contribution in [2.75, 3.05) is 7.11 Å². The van der Waals surface area contributed by atoms with Crippen LogP contribution in [0.3, 0.4) is 0 Å². The Morgan fingerprint density at radius 1 is 1.53 bits per heavy atom. The van der Waals surface area contributed by atoms with Crippen molar-refractivity contribution in [1.82, 2.24) is 0 Å². The van der Waals surface area contributed by atoms with Gasteiger partial charge in [-0.3, -0.25) is 4.79 Å². The fraction of sp³-hybridized carbons (Fsp3) is 0.417. The predicted molar refractivity (Wildman–Crippen MR) is 63.1 cm³/mol. The number of ether oxygens (including phenoxy) is 1. The standard InChI is InChI=1S/C12H14ClFO3/c1-12(2,11(15)16)6-7-4-5-8(13)9(14)10(7)17-3/h4-5H,6H2,1-3H3,(H,15,16). The Kier molecular flexibility index (Phi) is 3.98. The molecular formula is C12H14ClFO3. The molecule has 0 amide bonds. The van der Waals surface area contributed by atoms with E-state index in [1.807, 2.05) is 0 Å². The van der Waals surface area contributed by atoms with Crippen molar-refractivity contribution in [1.29, 1.82) is 0 Å². The lowest BCUT2D eigenvalue weighted by Gasteiger charge is -2.20. The van der Waals surface area contributed by atoms with Gasteiger partial charge in [0, 0.05) is 0 Å². The second-order valence-corrected chi connectivity index (χ2v) is 4.83. The van der Waals surface area contributed by atoms with Crippen molar-refractivity contribution < 1.29 is 19.0 Å². The molecule has 17 heavy (non-hydrogen) atoms. The van der Waals surface area contributed by atoms with Crippen LogP contribution >= 0.6 is 11.6 Å². The van der Waals surface area contributed by atoms with E-state index in [9.17, 15) is 9.18 Å².